The number of aliphatic hydroxyl groups excluding tert-OH is 1. The van der Waals surface area contributed by atoms with Crippen LogP contribution < -0.4 is 5.32 Å². The van der Waals surface area contributed by atoms with Crippen LogP contribution in [0, 0.1) is 11.8 Å². The molecule has 1 aliphatic heterocycles. The number of nitrogens with one attached hydrogen (secondary N) is 1. The SMILES string of the molecule is C=CCCCC(Cc1ccccc1)C(=O)OCC(C)(C)NC(=O)C(CC=C)CC(=O)N1Cc2ccccc2CC1CO. The number of benzene rings is 2. The van der Waals surface area contributed by atoms with Gasteiger partial charge in [0, 0.05) is 13.0 Å². The highest BCUT2D eigenvalue weighted by Crippen LogP contribution is 2.26. The lowest BCUT2D eigenvalue weighted by Crippen LogP contribution is -2.51. The summed E-state index contributed by atoms with van der Waals surface area (Å²) in [6, 6.07) is 17.5. The number of aliphatic hydroxyl groups is 1. The molecule has 0 aromatic heterocycles. The molecule has 3 unspecified atom stereocenters. The van der Waals surface area contributed by atoms with Gasteiger partial charge < -0.3 is 20.1 Å². The number of allylic oxidation sites excluding steroid dienone is 2. The quantitative estimate of drug-likeness (QED) is 0.164. The van der Waals surface area contributed by atoms with Crippen molar-refractivity contribution in [1.82, 2.24) is 10.2 Å². The van der Waals surface area contributed by atoms with Crippen LogP contribution in [-0.2, 0) is 38.5 Å². The van der Waals surface area contributed by atoms with Gasteiger partial charge in [-0.05, 0) is 69.1 Å². The molecule has 0 saturated heterocycles. The zero-order chi connectivity index (χ0) is 30.5. The molecule has 0 bridgehead atoms. The van der Waals surface area contributed by atoms with Gasteiger partial charge >= 0.3 is 5.97 Å². The van der Waals surface area contributed by atoms with Crippen molar-refractivity contribution in [2.24, 2.45) is 11.8 Å². The molecular formula is C35H46N2O5. The van der Waals surface area contributed by atoms with E-state index < -0.39 is 11.5 Å². The van der Waals surface area contributed by atoms with E-state index in [0.717, 1.165) is 29.5 Å². The molecule has 0 saturated carbocycles. The van der Waals surface area contributed by atoms with Crippen molar-refractivity contribution in [2.45, 2.75) is 76.9 Å². The summed E-state index contributed by atoms with van der Waals surface area (Å²) in [5, 5.41) is 13.0. The molecule has 3 rings (SSSR count). The van der Waals surface area contributed by atoms with E-state index in [4.69, 9.17) is 4.74 Å². The average molecular weight is 575 g/mol. The third-order valence-corrected chi connectivity index (χ3v) is 7.79. The molecule has 7 heteroatoms. The summed E-state index contributed by atoms with van der Waals surface area (Å²) in [6.45, 7) is 11.4. The van der Waals surface area contributed by atoms with E-state index >= 15 is 0 Å². The number of esters is 1. The van der Waals surface area contributed by atoms with E-state index in [0.29, 0.717) is 32.2 Å². The Morgan fingerprint density at radius 2 is 1.74 bits per heavy atom. The highest BCUT2D eigenvalue weighted by atomic mass is 16.5. The molecule has 2 N–H and O–H groups in total. The van der Waals surface area contributed by atoms with Gasteiger partial charge in [-0.15, -0.1) is 13.2 Å². The van der Waals surface area contributed by atoms with Gasteiger partial charge in [-0.25, -0.2) is 0 Å². The average Bonchev–Trinajstić information content (AvgIpc) is 2.98. The summed E-state index contributed by atoms with van der Waals surface area (Å²) < 4.78 is 5.75. The molecule has 3 atom stereocenters. The molecular weight excluding hydrogens is 528 g/mol. The third kappa shape index (κ3) is 9.69. The number of hydrogen-bond acceptors (Lipinski definition) is 5. The number of carbonyl (C=O) groups excluding carboxylic acids is 3. The highest BCUT2D eigenvalue weighted by Gasteiger charge is 2.34. The van der Waals surface area contributed by atoms with Gasteiger partial charge in [-0.1, -0.05) is 66.7 Å². The lowest BCUT2D eigenvalue weighted by Gasteiger charge is -2.37. The lowest BCUT2D eigenvalue weighted by molar-refractivity contribution is -0.151. The van der Waals surface area contributed by atoms with Crippen molar-refractivity contribution in [3.63, 3.8) is 0 Å². The predicted octanol–water partition coefficient (Wildman–Crippen LogP) is 5.17. The minimum absolute atomic E-state index is 0.00512. The van der Waals surface area contributed by atoms with Crippen LogP contribution in [0.5, 0.6) is 0 Å². The van der Waals surface area contributed by atoms with Crippen LogP contribution in [0.3, 0.4) is 0 Å². The number of unbranched alkanes of at least 4 members (excludes halogenated alkanes) is 1. The minimum atomic E-state index is -0.842. The molecule has 2 amide bonds. The Labute approximate surface area is 250 Å². The molecule has 226 valence electrons. The maximum absolute atomic E-state index is 13.4. The molecule has 0 fully saturated rings. The fourth-order valence-corrected chi connectivity index (χ4v) is 5.41. The van der Waals surface area contributed by atoms with Crippen molar-refractivity contribution < 1.29 is 24.2 Å². The zero-order valence-electron chi connectivity index (χ0n) is 25.1. The first-order valence-corrected chi connectivity index (χ1v) is 14.9. The molecule has 0 radical (unpaired) electrons. The van der Waals surface area contributed by atoms with Crippen LogP contribution in [0.1, 0.15) is 62.6 Å². The second-order valence-electron chi connectivity index (χ2n) is 11.8. The normalized spacial score (nSPS) is 16.1. The maximum atomic E-state index is 13.4. The molecule has 1 heterocycles. The summed E-state index contributed by atoms with van der Waals surface area (Å²) in [7, 11) is 0. The van der Waals surface area contributed by atoms with Crippen LogP contribution in [0.25, 0.3) is 0 Å². The van der Waals surface area contributed by atoms with Crippen LogP contribution >= 0.6 is 0 Å². The molecule has 7 nitrogen and oxygen atoms in total. The van der Waals surface area contributed by atoms with Crippen LogP contribution in [-0.4, -0.2) is 52.6 Å². The van der Waals surface area contributed by atoms with Gasteiger partial charge in [0.1, 0.15) is 6.61 Å². The first kappa shape index (κ1) is 32.8. The number of rotatable bonds is 16. The van der Waals surface area contributed by atoms with E-state index in [1.54, 1.807) is 24.8 Å². The van der Waals surface area contributed by atoms with Crippen LogP contribution in [0.4, 0.5) is 0 Å². The summed E-state index contributed by atoms with van der Waals surface area (Å²) in [6.07, 6.45) is 7.32. The van der Waals surface area contributed by atoms with Crippen molar-refractivity contribution >= 4 is 17.8 Å². The van der Waals surface area contributed by atoms with E-state index in [1.807, 2.05) is 60.7 Å². The monoisotopic (exact) mass is 574 g/mol. The fraction of sp³-hybridized carbons (Fsp3) is 0.457. The zero-order valence-corrected chi connectivity index (χ0v) is 25.1. The standard InChI is InChI=1S/C35H46N2O5/c1-5-7-9-18-29(20-26-15-10-8-11-16-26)34(41)42-25-35(3,4)36-33(40)28(14-6-2)22-32(39)37-23-30-19-13-12-17-27(30)21-31(37)24-38/h5-6,8,10-13,15-17,19,28-29,31,38H,1-2,7,9,14,18,20-25H2,3-4H3,(H,36,40). The van der Waals surface area contributed by atoms with E-state index in [9.17, 15) is 19.5 Å². The Morgan fingerprint density at radius 1 is 1.05 bits per heavy atom. The Morgan fingerprint density at radius 3 is 2.40 bits per heavy atom. The highest BCUT2D eigenvalue weighted by molar-refractivity contribution is 5.86. The number of nitrogens with zero attached hydrogens (tertiary/aromatic N) is 1. The summed E-state index contributed by atoms with van der Waals surface area (Å²) in [4.78, 5) is 41.6. The molecule has 2 aromatic rings. The predicted molar refractivity (Wildman–Crippen MR) is 165 cm³/mol. The van der Waals surface area contributed by atoms with E-state index in [-0.39, 0.29) is 49.4 Å². The largest absolute Gasteiger partial charge is 0.463 e. The first-order chi connectivity index (χ1) is 20.2. The van der Waals surface area contributed by atoms with Crippen molar-refractivity contribution in [2.75, 3.05) is 13.2 Å². The number of ether oxygens (including phenoxy) is 1. The fourth-order valence-electron chi connectivity index (χ4n) is 5.41. The second kappa shape index (κ2) is 16.1. The molecule has 0 aliphatic carbocycles. The maximum Gasteiger partial charge on any atom is 0.309 e. The van der Waals surface area contributed by atoms with Crippen LogP contribution in [0.15, 0.2) is 79.9 Å². The van der Waals surface area contributed by atoms with Crippen molar-refractivity contribution in [3.05, 3.63) is 96.6 Å². The van der Waals surface area contributed by atoms with Gasteiger partial charge in [0.05, 0.1) is 30.0 Å². The third-order valence-electron chi connectivity index (χ3n) is 7.79. The number of carbonyl (C=O) groups is 3. The number of hydrogen-bond donors (Lipinski definition) is 2. The molecule has 0 spiro atoms. The minimum Gasteiger partial charge on any atom is -0.463 e. The summed E-state index contributed by atoms with van der Waals surface area (Å²) in [5.41, 5.74) is 2.41. The van der Waals surface area contributed by atoms with Crippen molar-refractivity contribution in [1.29, 1.82) is 0 Å². The van der Waals surface area contributed by atoms with E-state index in [2.05, 4.69) is 18.5 Å². The van der Waals surface area contributed by atoms with E-state index in [1.165, 1.54) is 0 Å². The Kier molecular flexibility index (Phi) is 12.5. The van der Waals surface area contributed by atoms with Crippen LogP contribution in [0.2, 0.25) is 0 Å². The molecule has 2 aromatic carbocycles. The Balaban J connectivity index is 1.60. The number of fused-ring (bicyclic) bond motifs is 1. The lowest BCUT2D eigenvalue weighted by atomic mass is 9.92. The van der Waals surface area contributed by atoms with Gasteiger partial charge in [0.25, 0.3) is 0 Å². The Hall–Kier alpha value is -3.71. The van der Waals surface area contributed by atoms with Gasteiger partial charge in [-0.3, -0.25) is 14.4 Å². The smallest absolute Gasteiger partial charge is 0.309 e. The molecule has 42 heavy (non-hydrogen) atoms. The first-order valence-electron chi connectivity index (χ1n) is 14.9. The summed E-state index contributed by atoms with van der Waals surface area (Å²) >= 11 is 0. The van der Waals surface area contributed by atoms with Crippen molar-refractivity contribution in [3.8, 4) is 0 Å². The number of amides is 2. The van der Waals surface area contributed by atoms with Gasteiger partial charge in [0.15, 0.2) is 0 Å². The Bertz CT molecular complexity index is 1210. The van der Waals surface area contributed by atoms with Gasteiger partial charge in [0.2, 0.25) is 11.8 Å². The summed E-state index contributed by atoms with van der Waals surface area (Å²) in [5.74, 6) is -1.69. The molecule has 1 aliphatic rings. The second-order valence-corrected chi connectivity index (χ2v) is 11.8. The topological polar surface area (TPSA) is 95.9 Å². The van der Waals surface area contributed by atoms with Gasteiger partial charge in [-0.2, -0.15) is 0 Å².